The number of azide groups is 1. The number of guanidine groups is 1. The number of hydrogen-bond acceptors (Lipinski definition) is 4. The molecule has 19 heavy (non-hydrogen) atoms. The first-order chi connectivity index (χ1) is 9.22. The van der Waals surface area contributed by atoms with Gasteiger partial charge in [0.25, 0.3) is 5.91 Å². The van der Waals surface area contributed by atoms with Crippen LogP contribution < -0.4 is 5.73 Å². The van der Waals surface area contributed by atoms with Gasteiger partial charge in [0, 0.05) is 4.91 Å². The Bertz CT molecular complexity index is 408. The lowest BCUT2D eigenvalue weighted by molar-refractivity contribution is -0.127. The van der Waals surface area contributed by atoms with Gasteiger partial charge in [0.15, 0.2) is 5.96 Å². The lowest BCUT2D eigenvalue weighted by Gasteiger charge is -2.22. The summed E-state index contributed by atoms with van der Waals surface area (Å²) in [5.41, 5.74) is 14.0. The number of hydrogen-bond donors (Lipinski definition) is 1. The van der Waals surface area contributed by atoms with E-state index in [2.05, 4.69) is 15.0 Å². The third-order valence-electron chi connectivity index (χ3n) is 3.96. The lowest BCUT2D eigenvalue weighted by Crippen LogP contribution is -2.39. The number of rotatable bonds is 5. The molecule has 0 aromatic rings. The van der Waals surface area contributed by atoms with Crippen LogP contribution in [0.5, 0.6) is 0 Å². The Labute approximate surface area is 112 Å². The number of nitrogens with two attached hydrogens (primary N) is 1. The summed E-state index contributed by atoms with van der Waals surface area (Å²) in [5.74, 6) is 0.760. The van der Waals surface area contributed by atoms with Gasteiger partial charge in [-0.05, 0) is 24.3 Å². The molecule has 0 unspecified atom stereocenters. The Balaban J connectivity index is 1.84. The second kappa shape index (κ2) is 6.43. The predicted octanol–water partition coefficient (Wildman–Crippen LogP) is 2.14. The van der Waals surface area contributed by atoms with E-state index in [1.807, 2.05) is 0 Å². The fourth-order valence-electron chi connectivity index (χ4n) is 2.87. The maximum Gasteiger partial charge on any atom is 0.254 e. The van der Waals surface area contributed by atoms with Gasteiger partial charge < -0.3 is 5.73 Å². The molecule has 7 heteroatoms. The van der Waals surface area contributed by atoms with Gasteiger partial charge in [-0.3, -0.25) is 9.69 Å². The largest absolute Gasteiger partial charge is 0.369 e. The standard InChI is InChI=1S/C12H20N6O/c13-12-16-10(11(19)18(12)8-15-17-14)7-6-9-4-2-1-3-5-9/h9-10H,1-8H2,(H2,13,16)/t10-/m0/s1. The first kappa shape index (κ1) is 13.7. The molecule has 2 rings (SSSR count). The van der Waals surface area contributed by atoms with Crippen LogP contribution in [0.3, 0.4) is 0 Å². The maximum atomic E-state index is 12.0. The van der Waals surface area contributed by atoms with Gasteiger partial charge in [-0.15, -0.1) is 0 Å². The molecule has 1 aliphatic carbocycles. The molecule has 0 bridgehead atoms. The molecule has 0 radical (unpaired) electrons. The average Bonchev–Trinajstić information content (AvgIpc) is 2.70. The van der Waals surface area contributed by atoms with E-state index in [0.29, 0.717) is 0 Å². The number of carbonyl (C=O) groups excluding carboxylic acids is 1. The van der Waals surface area contributed by atoms with Gasteiger partial charge in [0.1, 0.15) is 12.7 Å². The number of nitrogens with zero attached hydrogens (tertiary/aromatic N) is 5. The molecule has 2 N–H and O–H groups in total. The van der Waals surface area contributed by atoms with Gasteiger partial charge in [0.05, 0.1) is 0 Å². The minimum absolute atomic E-state index is 0.0649. The molecular formula is C12H20N6O. The van der Waals surface area contributed by atoms with Crippen molar-refractivity contribution in [3.05, 3.63) is 10.4 Å². The van der Waals surface area contributed by atoms with Crippen molar-refractivity contribution >= 4 is 11.9 Å². The van der Waals surface area contributed by atoms with Crippen molar-refractivity contribution in [1.29, 1.82) is 0 Å². The van der Waals surface area contributed by atoms with Crippen LogP contribution in [0.25, 0.3) is 10.4 Å². The maximum absolute atomic E-state index is 12.0. The van der Waals surface area contributed by atoms with Crippen molar-refractivity contribution in [2.75, 3.05) is 6.67 Å². The van der Waals surface area contributed by atoms with Gasteiger partial charge in [-0.25, -0.2) is 4.99 Å². The summed E-state index contributed by atoms with van der Waals surface area (Å²) < 4.78 is 0. The number of carbonyl (C=O) groups is 1. The first-order valence-corrected chi connectivity index (χ1v) is 6.88. The van der Waals surface area contributed by atoms with E-state index in [9.17, 15) is 4.79 Å². The van der Waals surface area contributed by atoms with E-state index in [-0.39, 0.29) is 24.6 Å². The molecule has 7 nitrogen and oxygen atoms in total. The second-order valence-electron chi connectivity index (χ2n) is 5.22. The van der Waals surface area contributed by atoms with Crippen LogP contribution >= 0.6 is 0 Å². The summed E-state index contributed by atoms with van der Waals surface area (Å²) in [6, 6.07) is -0.379. The summed E-state index contributed by atoms with van der Waals surface area (Å²) in [7, 11) is 0. The second-order valence-corrected chi connectivity index (χ2v) is 5.22. The Hall–Kier alpha value is -1.75. The van der Waals surface area contributed by atoms with Crippen molar-refractivity contribution < 1.29 is 4.79 Å². The topological polar surface area (TPSA) is 107 Å². The third kappa shape index (κ3) is 3.38. The molecule has 0 aromatic carbocycles. The quantitative estimate of drug-likeness (QED) is 0.466. The predicted molar refractivity (Wildman–Crippen MR) is 72.1 cm³/mol. The normalized spacial score (nSPS) is 24.2. The molecule has 104 valence electrons. The Morgan fingerprint density at radius 2 is 2.11 bits per heavy atom. The molecule has 0 saturated heterocycles. The van der Waals surface area contributed by atoms with Crippen LogP contribution in [-0.2, 0) is 4.79 Å². The van der Waals surface area contributed by atoms with Crippen molar-refractivity contribution in [2.45, 2.75) is 51.0 Å². The fourth-order valence-corrected chi connectivity index (χ4v) is 2.87. The Kier molecular flexibility index (Phi) is 4.63. The molecule has 1 aliphatic heterocycles. The number of aliphatic imine (C=N–C) groups is 1. The van der Waals surface area contributed by atoms with E-state index < -0.39 is 0 Å². The first-order valence-electron chi connectivity index (χ1n) is 6.88. The zero-order valence-electron chi connectivity index (χ0n) is 11.0. The fraction of sp³-hybridized carbons (Fsp3) is 0.833. The van der Waals surface area contributed by atoms with Crippen LogP contribution in [0.15, 0.2) is 10.1 Å². The van der Waals surface area contributed by atoms with Gasteiger partial charge in [-0.2, -0.15) is 0 Å². The molecule has 1 amide bonds. The summed E-state index contributed by atoms with van der Waals surface area (Å²) >= 11 is 0. The highest BCUT2D eigenvalue weighted by molar-refractivity contribution is 6.04. The summed E-state index contributed by atoms with van der Waals surface area (Å²) in [5, 5.41) is 3.36. The van der Waals surface area contributed by atoms with Crippen molar-refractivity contribution in [1.82, 2.24) is 4.90 Å². The van der Waals surface area contributed by atoms with Crippen LogP contribution in [0.4, 0.5) is 0 Å². The summed E-state index contributed by atoms with van der Waals surface area (Å²) in [6.45, 7) is -0.0649. The van der Waals surface area contributed by atoms with E-state index in [1.165, 1.54) is 37.0 Å². The van der Waals surface area contributed by atoms with Crippen molar-refractivity contribution in [2.24, 2.45) is 21.8 Å². The highest BCUT2D eigenvalue weighted by Gasteiger charge is 2.32. The number of amides is 1. The van der Waals surface area contributed by atoms with Gasteiger partial charge in [-0.1, -0.05) is 37.2 Å². The van der Waals surface area contributed by atoms with Gasteiger partial charge in [0.2, 0.25) is 0 Å². The summed E-state index contributed by atoms with van der Waals surface area (Å²) in [4.78, 5) is 20.1. The smallest absolute Gasteiger partial charge is 0.254 e. The SMILES string of the molecule is [N-]=[N+]=NCN1C(=O)[C@H](CCC2CCCCC2)N=C1N. The highest BCUT2D eigenvalue weighted by atomic mass is 16.2. The molecule has 1 atom stereocenters. The lowest BCUT2D eigenvalue weighted by atomic mass is 9.85. The zero-order valence-corrected chi connectivity index (χ0v) is 11.0. The third-order valence-corrected chi connectivity index (χ3v) is 3.96. The monoisotopic (exact) mass is 264 g/mol. The molecule has 0 aromatic heterocycles. The molecular weight excluding hydrogens is 244 g/mol. The van der Waals surface area contributed by atoms with Crippen LogP contribution in [-0.4, -0.2) is 29.5 Å². The van der Waals surface area contributed by atoms with Crippen LogP contribution in [0.1, 0.15) is 44.9 Å². The zero-order chi connectivity index (χ0) is 13.7. The Morgan fingerprint density at radius 3 is 2.79 bits per heavy atom. The molecule has 1 fully saturated rings. The molecule has 1 heterocycles. The average molecular weight is 264 g/mol. The van der Waals surface area contributed by atoms with Crippen LogP contribution in [0.2, 0.25) is 0 Å². The van der Waals surface area contributed by atoms with Gasteiger partial charge >= 0.3 is 0 Å². The van der Waals surface area contributed by atoms with E-state index in [4.69, 9.17) is 11.3 Å². The minimum atomic E-state index is -0.379. The van der Waals surface area contributed by atoms with Crippen LogP contribution in [0, 0.1) is 5.92 Å². The van der Waals surface area contributed by atoms with Crippen molar-refractivity contribution in [3.63, 3.8) is 0 Å². The Morgan fingerprint density at radius 1 is 1.37 bits per heavy atom. The van der Waals surface area contributed by atoms with E-state index in [0.717, 1.165) is 18.8 Å². The molecule has 0 spiro atoms. The van der Waals surface area contributed by atoms with E-state index >= 15 is 0 Å². The molecule has 2 aliphatic rings. The molecule has 1 saturated carbocycles. The summed E-state index contributed by atoms with van der Waals surface area (Å²) in [6.07, 6.45) is 8.25. The highest BCUT2D eigenvalue weighted by Crippen LogP contribution is 2.29. The minimum Gasteiger partial charge on any atom is -0.369 e. The van der Waals surface area contributed by atoms with Crippen molar-refractivity contribution in [3.8, 4) is 0 Å². The van der Waals surface area contributed by atoms with E-state index in [1.54, 1.807) is 0 Å².